The van der Waals surface area contributed by atoms with Crippen molar-refractivity contribution in [2.75, 3.05) is 22.1 Å². The molecule has 0 unspecified atom stereocenters. The molecule has 1 amide bonds. The maximum atomic E-state index is 14.5. The van der Waals surface area contributed by atoms with Crippen LogP contribution in [0.2, 0.25) is 0 Å². The molecule has 0 radical (unpaired) electrons. The van der Waals surface area contributed by atoms with Crippen molar-refractivity contribution >= 4 is 29.2 Å². The van der Waals surface area contributed by atoms with Crippen molar-refractivity contribution in [1.82, 2.24) is 25.1 Å². The van der Waals surface area contributed by atoms with Gasteiger partial charge in [-0.1, -0.05) is 13.8 Å². The van der Waals surface area contributed by atoms with E-state index in [0.717, 1.165) is 42.3 Å². The summed E-state index contributed by atoms with van der Waals surface area (Å²) in [6.45, 7) is 4.16. The van der Waals surface area contributed by atoms with E-state index in [1.807, 2.05) is 6.07 Å². The number of aromatic nitrogens is 5. The Bertz CT molecular complexity index is 1200. The number of aryl methyl sites for hydroxylation is 1. The molecule has 11 heteroatoms. The van der Waals surface area contributed by atoms with Gasteiger partial charge < -0.3 is 15.5 Å². The second-order valence-corrected chi connectivity index (χ2v) is 9.00. The van der Waals surface area contributed by atoms with Crippen LogP contribution in [0, 0.1) is 5.95 Å². The van der Waals surface area contributed by atoms with E-state index >= 15 is 0 Å². The van der Waals surface area contributed by atoms with Gasteiger partial charge in [-0.05, 0) is 37.3 Å². The van der Waals surface area contributed by atoms with E-state index in [9.17, 15) is 13.6 Å². The number of anilines is 4. The Labute approximate surface area is 195 Å². The molecule has 3 aromatic rings. The van der Waals surface area contributed by atoms with Crippen LogP contribution in [0.5, 0.6) is 0 Å². The monoisotopic (exact) mass is 468 g/mol. The number of rotatable bonds is 6. The number of hydrogen-bond acceptors (Lipinski definition) is 7. The van der Waals surface area contributed by atoms with Crippen LogP contribution >= 0.6 is 0 Å². The van der Waals surface area contributed by atoms with E-state index in [1.54, 1.807) is 4.90 Å². The molecule has 0 spiro atoms. The van der Waals surface area contributed by atoms with Gasteiger partial charge in [0.1, 0.15) is 18.0 Å². The molecular weight excluding hydrogens is 442 g/mol. The molecule has 2 aliphatic rings. The summed E-state index contributed by atoms with van der Waals surface area (Å²) in [4.78, 5) is 27.5. The minimum Gasteiger partial charge on any atom is -0.326 e. The number of alkyl halides is 1. The minimum absolute atomic E-state index is 0.0118. The van der Waals surface area contributed by atoms with Gasteiger partial charge in [0.25, 0.3) is 0 Å². The molecule has 0 aromatic carbocycles. The summed E-state index contributed by atoms with van der Waals surface area (Å²) in [6.07, 6.45) is 2.63. The van der Waals surface area contributed by atoms with Crippen LogP contribution in [0.4, 0.5) is 32.1 Å². The maximum absolute atomic E-state index is 14.5. The summed E-state index contributed by atoms with van der Waals surface area (Å²) in [7, 11) is 0. The van der Waals surface area contributed by atoms with E-state index in [-0.39, 0.29) is 13.0 Å². The molecule has 34 heavy (non-hydrogen) atoms. The molecule has 178 valence electrons. The molecule has 0 saturated carbocycles. The molecular formula is C23H26F2N8O. The molecule has 3 aromatic heterocycles. The normalized spacial score (nSPS) is 19.5. The Morgan fingerprint density at radius 2 is 2.12 bits per heavy atom. The van der Waals surface area contributed by atoms with Crippen LogP contribution in [0.3, 0.4) is 0 Å². The molecule has 1 saturated heterocycles. The third kappa shape index (κ3) is 4.42. The van der Waals surface area contributed by atoms with E-state index in [4.69, 9.17) is 9.97 Å². The Morgan fingerprint density at radius 3 is 2.85 bits per heavy atom. The molecule has 1 fully saturated rings. The highest BCUT2D eigenvalue weighted by molar-refractivity contribution is 5.97. The number of aromatic amines is 1. The zero-order chi connectivity index (χ0) is 23.8. The molecule has 1 aliphatic heterocycles. The SMILES string of the molecule is CC(C)c1cc(Nc2nc(N3C[C@H](F)C[C@@H]3C(=O)Nc3ccc(F)nc3)nc3c2CCC3)n[nH]1. The quantitative estimate of drug-likeness (QED) is 0.474. The number of amides is 1. The third-order valence-corrected chi connectivity index (χ3v) is 6.19. The molecule has 1 aliphatic carbocycles. The number of hydrogen-bond donors (Lipinski definition) is 3. The second-order valence-electron chi connectivity index (χ2n) is 9.00. The summed E-state index contributed by atoms with van der Waals surface area (Å²) in [5.74, 6) is 0.819. The second kappa shape index (κ2) is 8.96. The predicted molar refractivity (Wildman–Crippen MR) is 123 cm³/mol. The van der Waals surface area contributed by atoms with Gasteiger partial charge >= 0.3 is 0 Å². The van der Waals surface area contributed by atoms with Gasteiger partial charge in [0.15, 0.2) is 5.82 Å². The standard InChI is InChI=1S/C23H26F2N8O/c1-12(2)17-9-20(32-31-17)29-21-15-4-3-5-16(15)28-23(30-21)33-11-13(24)8-18(33)22(34)27-14-6-7-19(25)26-10-14/h6-7,9-10,12-13,18H,3-5,8,11H2,1-2H3,(H,27,34)(H2,28,29,30,31,32)/t13-,18-/m1/s1. The first-order valence-electron chi connectivity index (χ1n) is 11.4. The molecule has 4 heterocycles. The van der Waals surface area contributed by atoms with Gasteiger partial charge in [0.05, 0.1) is 24.1 Å². The van der Waals surface area contributed by atoms with Gasteiger partial charge in [-0.25, -0.2) is 14.4 Å². The number of H-pyrrole nitrogens is 1. The van der Waals surface area contributed by atoms with Crippen molar-refractivity contribution < 1.29 is 13.6 Å². The zero-order valence-electron chi connectivity index (χ0n) is 19.0. The Hall–Kier alpha value is -3.63. The van der Waals surface area contributed by atoms with Crippen molar-refractivity contribution in [1.29, 1.82) is 0 Å². The fraction of sp³-hybridized carbons (Fsp3) is 0.435. The van der Waals surface area contributed by atoms with Crippen molar-refractivity contribution in [3.05, 3.63) is 47.3 Å². The first kappa shape index (κ1) is 22.2. The van der Waals surface area contributed by atoms with Crippen LogP contribution in [-0.4, -0.2) is 49.8 Å². The van der Waals surface area contributed by atoms with Crippen LogP contribution in [0.1, 0.15) is 49.6 Å². The fourth-order valence-electron chi connectivity index (χ4n) is 4.40. The van der Waals surface area contributed by atoms with Crippen molar-refractivity contribution in [2.24, 2.45) is 0 Å². The number of pyridine rings is 1. The largest absolute Gasteiger partial charge is 0.326 e. The molecule has 3 N–H and O–H groups in total. The van der Waals surface area contributed by atoms with E-state index in [0.29, 0.717) is 29.2 Å². The summed E-state index contributed by atoms with van der Waals surface area (Å²) in [6, 6.07) is 3.70. The molecule has 2 atom stereocenters. The highest BCUT2D eigenvalue weighted by atomic mass is 19.1. The van der Waals surface area contributed by atoms with Gasteiger partial charge in [-0.15, -0.1) is 0 Å². The van der Waals surface area contributed by atoms with Crippen LogP contribution in [0.15, 0.2) is 24.4 Å². The Morgan fingerprint density at radius 1 is 1.26 bits per heavy atom. The highest BCUT2D eigenvalue weighted by Crippen LogP contribution is 2.33. The lowest BCUT2D eigenvalue weighted by Crippen LogP contribution is -2.40. The van der Waals surface area contributed by atoms with E-state index in [2.05, 4.69) is 39.7 Å². The fourth-order valence-corrected chi connectivity index (χ4v) is 4.40. The lowest BCUT2D eigenvalue weighted by atomic mass is 10.1. The first-order chi connectivity index (χ1) is 16.4. The lowest BCUT2D eigenvalue weighted by Gasteiger charge is -2.24. The molecule has 0 bridgehead atoms. The minimum atomic E-state index is -1.20. The number of fused-ring (bicyclic) bond motifs is 1. The van der Waals surface area contributed by atoms with Crippen molar-refractivity contribution in [3.63, 3.8) is 0 Å². The number of nitrogens with zero attached hydrogens (tertiary/aromatic N) is 5. The van der Waals surface area contributed by atoms with E-state index < -0.39 is 24.1 Å². The number of halogens is 2. The topological polar surface area (TPSA) is 112 Å². The van der Waals surface area contributed by atoms with Crippen LogP contribution in [-0.2, 0) is 17.6 Å². The number of nitrogens with one attached hydrogen (secondary N) is 3. The third-order valence-electron chi connectivity index (χ3n) is 6.19. The van der Waals surface area contributed by atoms with Gasteiger partial charge in [-0.2, -0.15) is 14.5 Å². The summed E-state index contributed by atoms with van der Waals surface area (Å²) < 4.78 is 27.6. The zero-order valence-corrected chi connectivity index (χ0v) is 19.0. The van der Waals surface area contributed by atoms with E-state index in [1.165, 1.54) is 12.3 Å². The number of carbonyl (C=O) groups excluding carboxylic acids is 1. The summed E-state index contributed by atoms with van der Waals surface area (Å²) >= 11 is 0. The summed E-state index contributed by atoms with van der Waals surface area (Å²) in [5.41, 5.74) is 3.26. The molecule has 5 rings (SSSR count). The average molecular weight is 469 g/mol. The Balaban J connectivity index is 1.42. The predicted octanol–water partition coefficient (Wildman–Crippen LogP) is 3.65. The molecule has 9 nitrogen and oxygen atoms in total. The van der Waals surface area contributed by atoms with Crippen LogP contribution < -0.4 is 15.5 Å². The first-order valence-corrected chi connectivity index (χ1v) is 11.4. The maximum Gasteiger partial charge on any atom is 0.247 e. The van der Waals surface area contributed by atoms with Gasteiger partial charge in [-0.3, -0.25) is 9.89 Å². The Kier molecular flexibility index (Phi) is 5.84. The lowest BCUT2D eigenvalue weighted by molar-refractivity contribution is -0.117. The highest BCUT2D eigenvalue weighted by Gasteiger charge is 2.39. The van der Waals surface area contributed by atoms with Gasteiger partial charge in [0, 0.05) is 23.7 Å². The van der Waals surface area contributed by atoms with Crippen molar-refractivity contribution in [2.45, 2.75) is 57.7 Å². The smallest absolute Gasteiger partial charge is 0.247 e. The van der Waals surface area contributed by atoms with Crippen molar-refractivity contribution in [3.8, 4) is 0 Å². The van der Waals surface area contributed by atoms with Crippen LogP contribution in [0.25, 0.3) is 0 Å². The summed E-state index contributed by atoms with van der Waals surface area (Å²) in [5, 5.41) is 13.3. The average Bonchev–Trinajstić information content (AvgIpc) is 3.54. The van der Waals surface area contributed by atoms with Gasteiger partial charge in [0.2, 0.25) is 17.8 Å². The number of carbonyl (C=O) groups is 1.